The number of carbonyl (C=O) groups is 1. The number of anilines is 1. The molecule has 0 aliphatic carbocycles. The molecule has 0 aliphatic rings. The highest BCUT2D eigenvalue weighted by Crippen LogP contribution is 2.30. The monoisotopic (exact) mass is 356 g/mol. The van der Waals surface area contributed by atoms with Gasteiger partial charge in [0.05, 0.1) is 11.3 Å². The topological polar surface area (TPSA) is 84.7 Å². The molecule has 2 N–H and O–H groups in total. The summed E-state index contributed by atoms with van der Waals surface area (Å²) in [6.07, 6.45) is -1.72. The molecule has 0 spiro atoms. The zero-order chi connectivity index (χ0) is 18.6. The van der Waals surface area contributed by atoms with Crippen LogP contribution in [0.5, 0.6) is 0 Å². The molecule has 7 nitrogen and oxygen atoms in total. The van der Waals surface area contributed by atoms with Gasteiger partial charge in [0.25, 0.3) is 5.91 Å². The molecule has 0 saturated heterocycles. The van der Waals surface area contributed by atoms with Crippen molar-refractivity contribution < 1.29 is 18.0 Å². The number of aryl methyl sites for hydroxylation is 1. The maximum Gasteiger partial charge on any atom is 0.433 e. The van der Waals surface area contributed by atoms with Crippen LogP contribution >= 0.6 is 0 Å². The van der Waals surface area contributed by atoms with E-state index in [4.69, 9.17) is 0 Å². The number of nitrogens with zero attached hydrogens (tertiary/aromatic N) is 4. The smallest absolute Gasteiger partial charge is 0.357 e. The van der Waals surface area contributed by atoms with Gasteiger partial charge in [0.1, 0.15) is 5.69 Å². The van der Waals surface area contributed by atoms with Crippen LogP contribution in [0.3, 0.4) is 0 Å². The zero-order valence-corrected chi connectivity index (χ0v) is 14.1. The summed E-state index contributed by atoms with van der Waals surface area (Å²) in [5, 5.41) is 9.27. The number of hydrogen-bond donors (Lipinski definition) is 2. The largest absolute Gasteiger partial charge is 0.433 e. The van der Waals surface area contributed by atoms with Gasteiger partial charge < -0.3 is 10.6 Å². The first-order valence-corrected chi connectivity index (χ1v) is 7.60. The van der Waals surface area contributed by atoms with Crippen molar-refractivity contribution in [3.63, 3.8) is 0 Å². The quantitative estimate of drug-likeness (QED) is 0.828. The molecule has 10 heteroatoms. The molecule has 1 amide bonds. The summed E-state index contributed by atoms with van der Waals surface area (Å²) in [7, 11) is 1.66. The van der Waals surface area contributed by atoms with Crippen molar-refractivity contribution in [2.75, 3.05) is 18.9 Å². The van der Waals surface area contributed by atoms with Gasteiger partial charge in [-0.3, -0.25) is 9.48 Å². The predicted molar refractivity (Wildman–Crippen MR) is 85.0 cm³/mol. The number of alkyl halides is 3. The van der Waals surface area contributed by atoms with Crippen LogP contribution in [0.15, 0.2) is 18.5 Å². The Morgan fingerprint density at radius 2 is 1.96 bits per heavy atom. The number of halogens is 3. The average molecular weight is 356 g/mol. The number of hydrogen-bond acceptors (Lipinski definition) is 5. The predicted octanol–water partition coefficient (Wildman–Crippen LogP) is 2.11. The SMILES string of the molecule is CNc1ncc(C(=O)NC[C@H](C)Cn2nc(C)cc2C(F)(F)F)cn1. The minimum absolute atomic E-state index is 0.0398. The van der Waals surface area contributed by atoms with Crippen LogP contribution < -0.4 is 10.6 Å². The van der Waals surface area contributed by atoms with E-state index >= 15 is 0 Å². The fourth-order valence-corrected chi connectivity index (χ4v) is 2.22. The summed E-state index contributed by atoms with van der Waals surface area (Å²) in [6, 6.07) is 1.01. The highest BCUT2D eigenvalue weighted by Gasteiger charge is 2.35. The van der Waals surface area contributed by atoms with Gasteiger partial charge >= 0.3 is 6.18 Å². The third-order valence-corrected chi connectivity index (χ3v) is 3.43. The van der Waals surface area contributed by atoms with Gasteiger partial charge in [-0.1, -0.05) is 6.92 Å². The highest BCUT2D eigenvalue weighted by molar-refractivity contribution is 5.93. The lowest BCUT2D eigenvalue weighted by Gasteiger charge is -2.16. The molecule has 136 valence electrons. The zero-order valence-electron chi connectivity index (χ0n) is 14.1. The van der Waals surface area contributed by atoms with E-state index in [0.29, 0.717) is 11.6 Å². The van der Waals surface area contributed by atoms with E-state index < -0.39 is 11.9 Å². The molecule has 0 aliphatic heterocycles. The van der Waals surface area contributed by atoms with Gasteiger partial charge in [0.15, 0.2) is 0 Å². The van der Waals surface area contributed by atoms with E-state index in [9.17, 15) is 18.0 Å². The van der Waals surface area contributed by atoms with E-state index in [0.717, 1.165) is 10.7 Å². The first-order chi connectivity index (χ1) is 11.7. The lowest BCUT2D eigenvalue weighted by molar-refractivity contribution is -0.144. The lowest BCUT2D eigenvalue weighted by Crippen LogP contribution is -2.31. The Labute approximate surface area is 142 Å². The molecule has 0 radical (unpaired) electrons. The number of aromatic nitrogens is 4. The second-order valence-corrected chi connectivity index (χ2v) is 5.71. The van der Waals surface area contributed by atoms with E-state index in [1.54, 1.807) is 14.0 Å². The lowest BCUT2D eigenvalue weighted by atomic mass is 10.1. The second kappa shape index (κ2) is 7.49. The summed E-state index contributed by atoms with van der Waals surface area (Å²) in [5.74, 6) is -0.248. The summed E-state index contributed by atoms with van der Waals surface area (Å²) >= 11 is 0. The second-order valence-electron chi connectivity index (χ2n) is 5.71. The Morgan fingerprint density at radius 3 is 2.52 bits per heavy atom. The van der Waals surface area contributed by atoms with Gasteiger partial charge in [-0.15, -0.1) is 0 Å². The van der Waals surface area contributed by atoms with Gasteiger partial charge in [-0.05, 0) is 18.9 Å². The average Bonchev–Trinajstić information content (AvgIpc) is 2.93. The summed E-state index contributed by atoms with van der Waals surface area (Å²) < 4.78 is 39.8. The summed E-state index contributed by atoms with van der Waals surface area (Å²) in [5.41, 5.74) is -0.221. The summed E-state index contributed by atoms with van der Waals surface area (Å²) in [6.45, 7) is 3.48. The van der Waals surface area contributed by atoms with Gasteiger partial charge in [0, 0.05) is 32.5 Å². The molecule has 2 rings (SSSR count). The normalized spacial score (nSPS) is 12.7. The molecule has 2 aromatic rings. The number of rotatable bonds is 6. The van der Waals surface area contributed by atoms with Crippen molar-refractivity contribution >= 4 is 11.9 Å². The molecule has 2 heterocycles. The molecule has 0 aromatic carbocycles. The van der Waals surface area contributed by atoms with Gasteiger partial charge in [0.2, 0.25) is 5.95 Å². The van der Waals surface area contributed by atoms with Crippen LogP contribution in [-0.4, -0.2) is 39.2 Å². The fraction of sp³-hybridized carbons (Fsp3) is 0.467. The van der Waals surface area contributed by atoms with E-state index in [2.05, 4.69) is 25.7 Å². The number of nitrogens with one attached hydrogen (secondary N) is 2. The van der Waals surface area contributed by atoms with Crippen molar-refractivity contribution in [1.82, 2.24) is 25.1 Å². The third kappa shape index (κ3) is 4.91. The van der Waals surface area contributed by atoms with Crippen LogP contribution in [0.4, 0.5) is 19.1 Å². The van der Waals surface area contributed by atoms with Crippen LogP contribution in [0, 0.1) is 12.8 Å². The molecule has 25 heavy (non-hydrogen) atoms. The van der Waals surface area contributed by atoms with Crippen LogP contribution in [-0.2, 0) is 12.7 Å². The number of carbonyl (C=O) groups excluding carboxylic acids is 1. The van der Waals surface area contributed by atoms with Gasteiger partial charge in [-0.2, -0.15) is 18.3 Å². The van der Waals surface area contributed by atoms with Gasteiger partial charge in [-0.25, -0.2) is 9.97 Å². The fourth-order valence-electron chi connectivity index (χ4n) is 2.22. The van der Waals surface area contributed by atoms with E-state index in [1.807, 2.05) is 0 Å². The Bertz CT molecular complexity index is 726. The molecule has 0 fully saturated rings. The molecule has 2 aromatic heterocycles. The molecule has 1 atom stereocenters. The van der Waals surface area contributed by atoms with E-state index in [1.165, 1.54) is 19.3 Å². The van der Waals surface area contributed by atoms with Crippen LogP contribution in [0.2, 0.25) is 0 Å². The minimum atomic E-state index is -4.46. The maximum atomic E-state index is 13.0. The first-order valence-electron chi connectivity index (χ1n) is 7.60. The third-order valence-electron chi connectivity index (χ3n) is 3.43. The molecule has 0 saturated carbocycles. The van der Waals surface area contributed by atoms with Crippen LogP contribution in [0.25, 0.3) is 0 Å². The highest BCUT2D eigenvalue weighted by atomic mass is 19.4. The van der Waals surface area contributed by atoms with Crippen molar-refractivity contribution in [3.8, 4) is 0 Å². The Hall–Kier alpha value is -2.65. The molecule has 0 unspecified atom stereocenters. The van der Waals surface area contributed by atoms with Crippen molar-refractivity contribution in [2.45, 2.75) is 26.6 Å². The maximum absolute atomic E-state index is 13.0. The Morgan fingerprint density at radius 1 is 1.32 bits per heavy atom. The molecular formula is C15H19F3N6O. The molecular weight excluding hydrogens is 337 g/mol. The number of amides is 1. The first kappa shape index (κ1) is 18.7. The summed E-state index contributed by atoms with van der Waals surface area (Å²) in [4.78, 5) is 19.9. The van der Waals surface area contributed by atoms with Crippen molar-refractivity contribution in [2.24, 2.45) is 5.92 Å². The Balaban J connectivity index is 1.94. The van der Waals surface area contributed by atoms with E-state index in [-0.39, 0.29) is 30.5 Å². The minimum Gasteiger partial charge on any atom is -0.357 e. The standard InChI is InChI=1S/C15H19F3N6O/c1-9(8-24-12(15(16,17)18)4-10(2)23-24)5-20-13(25)11-6-21-14(19-3)22-7-11/h4,6-7,9H,5,8H2,1-3H3,(H,20,25)(H,19,21,22)/t9-/m0/s1. The van der Waals surface area contributed by atoms with Crippen LogP contribution in [0.1, 0.15) is 28.7 Å². The Kier molecular flexibility index (Phi) is 5.60. The molecule has 0 bridgehead atoms. The van der Waals surface area contributed by atoms with Crippen molar-refractivity contribution in [3.05, 3.63) is 35.4 Å². The van der Waals surface area contributed by atoms with Crippen molar-refractivity contribution in [1.29, 1.82) is 0 Å².